The number of hydrogen-bond donors (Lipinski definition) is 2. The third-order valence-corrected chi connectivity index (χ3v) is 3.95. The molecule has 0 aromatic heterocycles. The molecular weight excluding hydrogens is 244 g/mol. The topological polar surface area (TPSA) is 84.5 Å². The van der Waals surface area contributed by atoms with Crippen molar-refractivity contribution in [1.82, 2.24) is 10.6 Å². The Labute approximate surface area is 103 Å². The summed E-state index contributed by atoms with van der Waals surface area (Å²) in [7, 11) is -1.33. The van der Waals surface area contributed by atoms with Gasteiger partial charge in [0.2, 0.25) is 5.91 Å². The Kier molecular flexibility index (Phi) is 9.01. The first-order valence-electron chi connectivity index (χ1n) is 5.68. The lowest BCUT2D eigenvalue weighted by Gasteiger charge is -2.06. The van der Waals surface area contributed by atoms with Crippen LogP contribution in [0.3, 0.4) is 0 Å². The minimum Gasteiger partial charge on any atom is -0.383 e. The number of carbonyl (C=O) groups excluding carboxylic acids is 1. The molecule has 1 amide bonds. The number of amides is 1. The van der Waals surface area contributed by atoms with Crippen molar-refractivity contribution in [2.45, 2.75) is 13.3 Å². The standard InChI is InChI=1S/C10H22N2O4S/c1-3-17(14,15)8-4-5-11-9-10(13)12-6-7-16-2/h11H,3-9H2,1-2H3,(H,12,13). The van der Waals surface area contributed by atoms with Crippen LogP contribution in [0, 0.1) is 0 Å². The minimum atomic E-state index is -2.89. The molecule has 0 atom stereocenters. The van der Waals surface area contributed by atoms with Crippen LogP contribution >= 0.6 is 0 Å². The molecule has 7 heteroatoms. The van der Waals surface area contributed by atoms with E-state index >= 15 is 0 Å². The van der Waals surface area contributed by atoms with E-state index in [9.17, 15) is 13.2 Å². The highest BCUT2D eigenvalue weighted by Crippen LogP contribution is 1.91. The molecule has 0 saturated carbocycles. The van der Waals surface area contributed by atoms with Gasteiger partial charge in [-0.15, -0.1) is 0 Å². The molecule has 0 bridgehead atoms. The molecular formula is C10H22N2O4S. The summed E-state index contributed by atoms with van der Waals surface area (Å²) >= 11 is 0. The van der Waals surface area contributed by atoms with Crippen LogP contribution in [0.5, 0.6) is 0 Å². The number of rotatable bonds is 10. The second kappa shape index (κ2) is 9.38. The average molecular weight is 266 g/mol. The van der Waals surface area contributed by atoms with Gasteiger partial charge in [0.1, 0.15) is 9.84 Å². The number of ether oxygens (including phenoxy) is 1. The van der Waals surface area contributed by atoms with Gasteiger partial charge in [-0.25, -0.2) is 8.42 Å². The van der Waals surface area contributed by atoms with Gasteiger partial charge in [-0.2, -0.15) is 0 Å². The van der Waals surface area contributed by atoms with Gasteiger partial charge in [-0.05, 0) is 13.0 Å². The fraction of sp³-hybridized carbons (Fsp3) is 0.900. The molecule has 0 aliphatic carbocycles. The molecule has 0 fully saturated rings. The molecule has 0 radical (unpaired) electrons. The van der Waals surface area contributed by atoms with Gasteiger partial charge in [0.15, 0.2) is 0 Å². The van der Waals surface area contributed by atoms with E-state index in [1.54, 1.807) is 14.0 Å². The molecule has 0 saturated heterocycles. The van der Waals surface area contributed by atoms with Crippen molar-refractivity contribution in [3.05, 3.63) is 0 Å². The third-order valence-electron chi connectivity index (χ3n) is 2.16. The van der Waals surface area contributed by atoms with Crippen LogP contribution in [0.1, 0.15) is 13.3 Å². The average Bonchev–Trinajstić information content (AvgIpc) is 2.29. The van der Waals surface area contributed by atoms with E-state index in [4.69, 9.17) is 4.74 Å². The second-order valence-electron chi connectivity index (χ2n) is 3.61. The van der Waals surface area contributed by atoms with Crippen molar-refractivity contribution in [2.75, 3.05) is 44.9 Å². The van der Waals surface area contributed by atoms with Crippen LogP contribution in [-0.4, -0.2) is 59.2 Å². The Morgan fingerprint density at radius 1 is 1.29 bits per heavy atom. The predicted octanol–water partition coefficient (Wildman–Crippen LogP) is -0.837. The maximum Gasteiger partial charge on any atom is 0.234 e. The van der Waals surface area contributed by atoms with E-state index in [2.05, 4.69) is 10.6 Å². The molecule has 0 aromatic carbocycles. The van der Waals surface area contributed by atoms with Gasteiger partial charge in [0.05, 0.1) is 18.9 Å². The van der Waals surface area contributed by atoms with E-state index in [1.807, 2.05) is 0 Å². The molecule has 6 nitrogen and oxygen atoms in total. The number of methoxy groups -OCH3 is 1. The largest absolute Gasteiger partial charge is 0.383 e. The molecule has 0 heterocycles. The monoisotopic (exact) mass is 266 g/mol. The van der Waals surface area contributed by atoms with E-state index in [0.717, 1.165) is 0 Å². The molecule has 2 N–H and O–H groups in total. The first-order valence-corrected chi connectivity index (χ1v) is 7.50. The van der Waals surface area contributed by atoms with Crippen LogP contribution in [0.2, 0.25) is 0 Å². The normalized spacial score (nSPS) is 11.4. The summed E-state index contributed by atoms with van der Waals surface area (Å²) in [6.45, 7) is 3.33. The molecule has 0 rings (SSSR count). The Balaban J connectivity index is 3.42. The summed E-state index contributed by atoms with van der Waals surface area (Å²) in [4.78, 5) is 11.2. The van der Waals surface area contributed by atoms with Crippen LogP contribution in [-0.2, 0) is 19.4 Å². The van der Waals surface area contributed by atoms with Crippen molar-refractivity contribution in [2.24, 2.45) is 0 Å². The molecule has 0 unspecified atom stereocenters. The smallest absolute Gasteiger partial charge is 0.234 e. The molecule has 102 valence electrons. The lowest BCUT2D eigenvalue weighted by molar-refractivity contribution is -0.120. The Hall–Kier alpha value is -0.660. The van der Waals surface area contributed by atoms with Crippen LogP contribution in [0.25, 0.3) is 0 Å². The van der Waals surface area contributed by atoms with E-state index in [-0.39, 0.29) is 24.0 Å². The molecule has 0 aliphatic heterocycles. The van der Waals surface area contributed by atoms with Gasteiger partial charge in [0, 0.05) is 19.4 Å². The van der Waals surface area contributed by atoms with Crippen molar-refractivity contribution < 1.29 is 17.9 Å². The summed E-state index contributed by atoms with van der Waals surface area (Å²) in [6.07, 6.45) is 0.529. The van der Waals surface area contributed by atoms with Crippen LogP contribution < -0.4 is 10.6 Å². The van der Waals surface area contributed by atoms with E-state index in [1.165, 1.54) is 0 Å². The van der Waals surface area contributed by atoms with Gasteiger partial charge in [-0.3, -0.25) is 4.79 Å². The maximum atomic E-state index is 11.2. The summed E-state index contributed by atoms with van der Waals surface area (Å²) in [5, 5.41) is 5.55. The first kappa shape index (κ1) is 16.3. The third kappa shape index (κ3) is 10.2. The zero-order valence-electron chi connectivity index (χ0n) is 10.5. The Bertz CT molecular complexity index is 303. The Morgan fingerprint density at radius 2 is 2.00 bits per heavy atom. The SMILES string of the molecule is CCS(=O)(=O)CCCNCC(=O)NCCOC. The quantitative estimate of drug-likeness (QED) is 0.504. The summed E-state index contributed by atoms with van der Waals surface area (Å²) < 4.78 is 27.1. The molecule has 0 aliphatic rings. The van der Waals surface area contributed by atoms with Crippen LogP contribution in [0.4, 0.5) is 0 Å². The first-order chi connectivity index (χ1) is 8.02. The van der Waals surface area contributed by atoms with E-state index < -0.39 is 9.84 Å². The van der Waals surface area contributed by atoms with Crippen LogP contribution in [0.15, 0.2) is 0 Å². The zero-order valence-corrected chi connectivity index (χ0v) is 11.3. The van der Waals surface area contributed by atoms with Gasteiger partial charge >= 0.3 is 0 Å². The van der Waals surface area contributed by atoms with Crippen molar-refractivity contribution in [1.29, 1.82) is 0 Å². The van der Waals surface area contributed by atoms with Gasteiger partial charge in [0.25, 0.3) is 0 Å². The molecule has 17 heavy (non-hydrogen) atoms. The highest BCUT2D eigenvalue weighted by molar-refractivity contribution is 7.91. The summed E-state index contributed by atoms with van der Waals surface area (Å²) in [6, 6.07) is 0. The number of nitrogens with one attached hydrogen (secondary N) is 2. The van der Waals surface area contributed by atoms with Gasteiger partial charge in [-0.1, -0.05) is 6.92 Å². The lowest BCUT2D eigenvalue weighted by atomic mass is 10.4. The molecule has 0 aromatic rings. The predicted molar refractivity (Wildman–Crippen MR) is 66.7 cm³/mol. The number of carbonyl (C=O) groups is 1. The van der Waals surface area contributed by atoms with Crippen molar-refractivity contribution >= 4 is 15.7 Å². The fourth-order valence-electron chi connectivity index (χ4n) is 1.12. The maximum absolute atomic E-state index is 11.2. The minimum absolute atomic E-state index is 0.111. The fourth-order valence-corrected chi connectivity index (χ4v) is 1.99. The lowest BCUT2D eigenvalue weighted by Crippen LogP contribution is -2.36. The van der Waals surface area contributed by atoms with E-state index in [0.29, 0.717) is 26.1 Å². The van der Waals surface area contributed by atoms with Crippen molar-refractivity contribution in [3.63, 3.8) is 0 Å². The van der Waals surface area contributed by atoms with Crippen molar-refractivity contribution in [3.8, 4) is 0 Å². The number of sulfone groups is 1. The van der Waals surface area contributed by atoms with Gasteiger partial charge < -0.3 is 15.4 Å². The second-order valence-corrected chi connectivity index (χ2v) is 6.08. The number of hydrogen-bond acceptors (Lipinski definition) is 5. The highest BCUT2D eigenvalue weighted by Gasteiger charge is 2.06. The summed E-state index contributed by atoms with van der Waals surface area (Å²) in [5.41, 5.74) is 0. The zero-order chi connectivity index (χ0) is 13.1. The summed E-state index contributed by atoms with van der Waals surface area (Å²) in [5.74, 6) is 0.229. The molecule has 0 spiro atoms. The highest BCUT2D eigenvalue weighted by atomic mass is 32.2. The Morgan fingerprint density at radius 3 is 2.59 bits per heavy atom.